The molecular formula is C12H15N3O. The summed E-state index contributed by atoms with van der Waals surface area (Å²) in [5.74, 6) is 0.658. The molecule has 1 aliphatic rings. The van der Waals surface area contributed by atoms with E-state index in [4.69, 9.17) is 0 Å². The van der Waals surface area contributed by atoms with Crippen LogP contribution in [0.4, 0.5) is 5.82 Å². The number of nitrogens with one attached hydrogen (secondary N) is 1. The largest absolute Gasteiger partial charge is 0.310 e. The minimum Gasteiger partial charge on any atom is -0.310 e. The Bertz CT molecular complexity index is 426. The monoisotopic (exact) mass is 217 g/mol. The van der Waals surface area contributed by atoms with Gasteiger partial charge in [0.05, 0.1) is 5.69 Å². The molecule has 0 atom stereocenters. The second-order valence-electron chi connectivity index (χ2n) is 3.82. The van der Waals surface area contributed by atoms with Crippen molar-refractivity contribution in [3.63, 3.8) is 0 Å². The van der Waals surface area contributed by atoms with Crippen molar-refractivity contribution in [2.24, 2.45) is 0 Å². The maximum atomic E-state index is 11.5. The van der Waals surface area contributed by atoms with Gasteiger partial charge in [0.15, 0.2) is 0 Å². The lowest BCUT2D eigenvalue weighted by molar-refractivity contribution is -0.116. The summed E-state index contributed by atoms with van der Waals surface area (Å²) in [4.78, 5) is 19.8. The summed E-state index contributed by atoms with van der Waals surface area (Å²) in [6.45, 7) is 2.11. The summed E-state index contributed by atoms with van der Waals surface area (Å²) >= 11 is 0. The van der Waals surface area contributed by atoms with Crippen LogP contribution in [0.25, 0.3) is 6.08 Å². The number of hydrogen-bond donors (Lipinski definition) is 1. The Labute approximate surface area is 94.8 Å². The molecule has 16 heavy (non-hydrogen) atoms. The molecular weight excluding hydrogens is 202 g/mol. The molecule has 1 amide bonds. The van der Waals surface area contributed by atoms with Crippen molar-refractivity contribution in [1.82, 2.24) is 9.97 Å². The van der Waals surface area contributed by atoms with E-state index in [0.717, 1.165) is 30.5 Å². The molecule has 84 valence electrons. The predicted molar refractivity (Wildman–Crippen MR) is 62.9 cm³/mol. The van der Waals surface area contributed by atoms with Crippen LogP contribution in [-0.2, 0) is 11.2 Å². The molecule has 2 heterocycles. The summed E-state index contributed by atoms with van der Waals surface area (Å²) in [5.41, 5.74) is 1.96. The third-order valence-corrected chi connectivity index (χ3v) is 2.53. The van der Waals surface area contributed by atoms with Crippen LogP contribution in [-0.4, -0.2) is 15.9 Å². The fourth-order valence-corrected chi connectivity index (χ4v) is 1.75. The fourth-order valence-electron chi connectivity index (χ4n) is 1.75. The lowest BCUT2D eigenvalue weighted by Gasteiger charge is -2.12. The van der Waals surface area contributed by atoms with Gasteiger partial charge in [0.2, 0.25) is 5.91 Å². The van der Waals surface area contributed by atoms with Crippen LogP contribution >= 0.6 is 0 Å². The Morgan fingerprint density at radius 3 is 3.12 bits per heavy atom. The van der Waals surface area contributed by atoms with Crippen LogP contribution < -0.4 is 5.32 Å². The van der Waals surface area contributed by atoms with E-state index in [0.29, 0.717) is 12.2 Å². The van der Waals surface area contributed by atoms with Crippen LogP contribution in [0.3, 0.4) is 0 Å². The van der Waals surface area contributed by atoms with Crippen LogP contribution in [0.2, 0.25) is 0 Å². The van der Waals surface area contributed by atoms with Gasteiger partial charge in [-0.3, -0.25) is 4.79 Å². The number of hydrogen-bond acceptors (Lipinski definition) is 3. The predicted octanol–water partition coefficient (Wildman–Crippen LogP) is 2.17. The van der Waals surface area contributed by atoms with Crippen LogP contribution in [0, 0.1) is 0 Å². The van der Waals surface area contributed by atoms with E-state index in [2.05, 4.69) is 22.2 Å². The van der Waals surface area contributed by atoms with Crippen molar-refractivity contribution < 1.29 is 4.79 Å². The number of aromatic nitrogens is 2. The van der Waals surface area contributed by atoms with Crippen LogP contribution in [0.1, 0.15) is 37.4 Å². The second kappa shape index (κ2) is 4.88. The third kappa shape index (κ3) is 2.27. The van der Waals surface area contributed by atoms with Gasteiger partial charge in [-0.05, 0) is 12.8 Å². The average Bonchev–Trinajstić information content (AvgIpc) is 2.24. The number of rotatable bonds is 2. The molecule has 1 N–H and O–H groups in total. The molecule has 0 bridgehead atoms. The standard InChI is InChI=1S/C12H15N3O/c1-2-5-10-9-6-3-4-7-11(16)15-12(9)14-8-13-10/h3,6,8H,2,4-5,7H2,1H3,(H,13,14,15,16). The zero-order chi connectivity index (χ0) is 11.4. The number of allylic oxidation sites excluding steroid dienone is 1. The first-order valence-corrected chi connectivity index (χ1v) is 5.61. The molecule has 1 aromatic rings. The minimum absolute atomic E-state index is 0.0201. The molecule has 2 rings (SSSR count). The van der Waals surface area contributed by atoms with Gasteiger partial charge in [0.1, 0.15) is 12.1 Å². The molecule has 4 heteroatoms. The van der Waals surface area contributed by atoms with Crippen molar-refractivity contribution in [3.05, 3.63) is 23.7 Å². The maximum Gasteiger partial charge on any atom is 0.225 e. The summed E-state index contributed by atoms with van der Waals surface area (Å²) in [7, 11) is 0. The van der Waals surface area contributed by atoms with Crippen molar-refractivity contribution in [3.8, 4) is 0 Å². The third-order valence-electron chi connectivity index (χ3n) is 2.53. The quantitative estimate of drug-likeness (QED) is 0.826. The number of nitrogens with zero attached hydrogens (tertiary/aromatic N) is 2. The zero-order valence-electron chi connectivity index (χ0n) is 9.36. The SMILES string of the molecule is CCCc1ncnc2c1C=CCCC(=O)N2. The number of amides is 1. The maximum absolute atomic E-state index is 11.5. The van der Waals surface area contributed by atoms with Gasteiger partial charge in [-0.25, -0.2) is 9.97 Å². The molecule has 0 aliphatic carbocycles. The van der Waals surface area contributed by atoms with E-state index in [9.17, 15) is 4.79 Å². The van der Waals surface area contributed by atoms with E-state index < -0.39 is 0 Å². The lowest BCUT2D eigenvalue weighted by atomic mass is 10.1. The Morgan fingerprint density at radius 1 is 1.44 bits per heavy atom. The molecule has 0 aromatic carbocycles. The summed E-state index contributed by atoms with van der Waals surface area (Å²) in [5, 5.41) is 2.82. The molecule has 0 saturated heterocycles. The molecule has 0 radical (unpaired) electrons. The minimum atomic E-state index is 0.0201. The number of fused-ring (bicyclic) bond motifs is 1. The van der Waals surface area contributed by atoms with Crippen molar-refractivity contribution in [2.45, 2.75) is 32.6 Å². The van der Waals surface area contributed by atoms with Crippen LogP contribution in [0.5, 0.6) is 0 Å². The summed E-state index contributed by atoms with van der Waals surface area (Å²) in [6.07, 6.45) is 8.77. The molecule has 0 spiro atoms. The van der Waals surface area contributed by atoms with Crippen LogP contribution in [0.15, 0.2) is 12.4 Å². The van der Waals surface area contributed by atoms with Crippen molar-refractivity contribution >= 4 is 17.8 Å². The van der Waals surface area contributed by atoms with Gasteiger partial charge in [0, 0.05) is 12.0 Å². The number of anilines is 1. The lowest BCUT2D eigenvalue weighted by Crippen LogP contribution is -2.15. The molecule has 0 fully saturated rings. The zero-order valence-corrected chi connectivity index (χ0v) is 9.36. The van der Waals surface area contributed by atoms with E-state index in [1.54, 1.807) is 0 Å². The van der Waals surface area contributed by atoms with E-state index in [-0.39, 0.29) is 5.91 Å². The molecule has 1 aromatic heterocycles. The molecule has 1 aliphatic heterocycles. The highest BCUT2D eigenvalue weighted by molar-refractivity contribution is 5.92. The molecule has 4 nitrogen and oxygen atoms in total. The molecule has 0 saturated carbocycles. The Hall–Kier alpha value is -1.71. The fraction of sp³-hybridized carbons (Fsp3) is 0.417. The first-order valence-electron chi connectivity index (χ1n) is 5.61. The van der Waals surface area contributed by atoms with Crippen molar-refractivity contribution in [1.29, 1.82) is 0 Å². The molecule has 0 unspecified atom stereocenters. The highest BCUT2D eigenvalue weighted by Crippen LogP contribution is 2.21. The van der Waals surface area contributed by atoms with E-state index in [1.165, 1.54) is 6.33 Å². The van der Waals surface area contributed by atoms with Gasteiger partial charge in [-0.15, -0.1) is 0 Å². The topological polar surface area (TPSA) is 54.9 Å². The number of carbonyl (C=O) groups is 1. The average molecular weight is 217 g/mol. The highest BCUT2D eigenvalue weighted by Gasteiger charge is 2.12. The Morgan fingerprint density at radius 2 is 2.31 bits per heavy atom. The number of carbonyl (C=O) groups excluding carboxylic acids is 1. The Kier molecular flexibility index (Phi) is 3.29. The van der Waals surface area contributed by atoms with Gasteiger partial charge >= 0.3 is 0 Å². The van der Waals surface area contributed by atoms with E-state index in [1.807, 2.05) is 12.2 Å². The second-order valence-corrected chi connectivity index (χ2v) is 3.82. The van der Waals surface area contributed by atoms with Gasteiger partial charge in [-0.2, -0.15) is 0 Å². The summed E-state index contributed by atoms with van der Waals surface area (Å²) < 4.78 is 0. The Balaban J connectivity index is 2.42. The van der Waals surface area contributed by atoms with E-state index >= 15 is 0 Å². The number of aryl methyl sites for hydroxylation is 1. The smallest absolute Gasteiger partial charge is 0.225 e. The van der Waals surface area contributed by atoms with Gasteiger partial charge in [0.25, 0.3) is 0 Å². The van der Waals surface area contributed by atoms with Crippen molar-refractivity contribution in [2.75, 3.05) is 5.32 Å². The normalized spacial score (nSPS) is 14.9. The van der Waals surface area contributed by atoms with Gasteiger partial charge in [-0.1, -0.05) is 25.5 Å². The van der Waals surface area contributed by atoms with Gasteiger partial charge < -0.3 is 5.32 Å². The highest BCUT2D eigenvalue weighted by atomic mass is 16.1. The summed E-state index contributed by atoms with van der Waals surface area (Å²) in [6, 6.07) is 0. The first-order chi connectivity index (χ1) is 7.81. The first kappa shape index (κ1) is 10.8.